The molecule has 0 unspecified atom stereocenters. The molecule has 5 nitrogen and oxygen atoms in total. The van der Waals surface area contributed by atoms with Gasteiger partial charge in [-0.3, -0.25) is 14.5 Å². The fourth-order valence-corrected chi connectivity index (χ4v) is 4.23. The number of aromatic amines is 1. The number of benzene rings is 3. The van der Waals surface area contributed by atoms with E-state index in [0.29, 0.717) is 24.3 Å². The van der Waals surface area contributed by atoms with Crippen LogP contribution in [0.3, 0.4) is 0 Å². The Hall–Kier alpha value is -3.51. The van der Waals surface area contributed by atoms with E-state index in [1.807, 2.05) is 47.9 Å². The van der Waals surface area contributed by atoms with Crippen LogP contribution in [0.4, 0.5) is 0 Å². The lowest BCUT2D eigenvalue weighted by atomic mass is 9.88. The van der Waals surface area contributed by atoms with Crippen LogP contribution in [0.2, 0.25) is 0 Å². The van der Waals surface area contributed by atoms with Crippen LogP contribution in [0.1, 0.15) is 35.4 Å². The van der Waals surface area contributed by atoms with Crippen molar-refractivity contribution in [2.75, 3.05) is 6.54 Å². The standard InChI is InChI=1S/C27H28N4OS/c1-20-12-14-23(15-13-20)26-29-30-27(33)31(26)19-17-25(32)28-18-16-24(21-8-4-2-5-9-21)22-10-6-3-7-11-22/h2-15,24H,16-19H2,1H3,(H,28,32)(H,30,33). The van der Waals surface area contributed by atoms with Gasteiger partial charge in [0, 0.05) is 31.0 Å². The summed E-state index contributed by atoms with van der Waals surface area (Å²) in [7, 11) is 0. The van der Waals surface area contributed by atoms with Gasteiger partial charge < -0.3 is 5.32 Å². The van der Waals surface area contributed by atoms with E-state index in [-0.39, 0.29) is 11.8 Å². The zero-order valence-electron chi connectivity index (χ0n) is 18.7. The first-order valence-electron chi connectivity index (χ1n) is 11.2. The summed E-state index contributed by atoms with van der Waals surface area (Å²) in [5.41, 5.74) is 4.67. The van der Waals surface area contributed by atoms with Crippen LogP contribution in [0.5, 0.6) is 0 Å². The molecule has 0 aliphatic heterocycles. The van der Waals surface area contributed by atoms with Gasteiger partial charge >= 0.3 is 0 Å². The van der Waals surface area contributed by atoms with Crippen molar-refractivity contribution < 1.29 is 4.79 Å². The number of amides is 1. The molecular weight excluding hydrogens is 428 g/mol. The molecule has 168 valence electrons. The average molecular weight is 457 g/mol. The third-order valence-electron chi connectivity index (χ3n) is 5.79. The van der Waals surface area contributed by atoms with E-state index in [4.69, 9.17) is 12.2 Å². The van der Waals surface area contributed by atoms with Gasteiger partial charge in [-0.25, -0.2) is 0 Å². The molecule has 1 heterocycles. The SMILES string of the molecule is Cc1ccc(-c2n[nH]c(=S)n2CCC(=O)NCCC(c2ccccc2)c2ccccc2)cc1. The van der Waals surface area contributed by atoms with E-state index in [9.17, 15) is 4.79 Å². The van der Waals surface area contributed by atoms with Gasteiger partial charge in [0.05, 0.1) is 0 Å². The molecule has 0 saturated heterocycles. The quantitative estimate of drug-likeness (QED) is 0.320. The van der Waals surface area contributed by atoms with Crippen LogP contribution in [-0.4, -0.2) is 27.2 Å². The second kappa shape index (κ2) is 10.9. The predicted molar refractivity (Wildman–Crippen MR) is 135 cm³/mol. The number of rotatable bonds is 9. The molecular formula is C27H28N4OS. The minimum absolute atomic E-state index is 0.00725. The zero-order chi connectivity index (χ0) is 23.0. The number of H-pyrrole nitrogens is 1. The van der Waals surface area contributed by atoms with Crippen molar-refractivity contribution in [3.63, 3.8) is 0 Å². The van der Waals surface area contributed by atoms with E-state index >= 15 is 0 Å². The molecule has 1 amide bonds. The van der Waals surface area contributed by atoms with Crippen LogP contribution >= 0.6 is 12.2 Å². The normalized spacial score (nSPS) is 11.0. The molecule has 4 rings (SSSR count). The summed E-state index contributed by atoms with van der Waals surface area (Å²) in [5.74, 6) is 0.997. The van der Waals surface area contributed by atoms with Crippen molar-refractivity contribution in [3.05, 3.63) is 106 Å². The van der Waals surface area contributed by atoms with Crippen LogP contribution in [0.15, 0.2) is 84.9 Å². The molecule has 0 bridgehead atoms. The van der Waals surface area contributed by atoms with E-state index in [0.717, 1.165) is 17.8 Å². The van der Waals surface area contributed by atoms with Crippen molar-refractivity contribution in [2.24, 2.45) is 0 Å². The van der Waals surface area contributed by atoms with Crippen LogP contribution in [-0.2, 0) is 11.3 Å². The molecule has 0 spiro atoms. The molecule has 0 atom stereocenters. The van der Waals surface area contributed by atoms with Gasteiger partial charge in [0.25, 0.3) is 0 Å². The number of aromatic nitrogens is 3. The second-order valence-electron chi connectivity index (χ2n) is 8.13. The highest BCUT2D eigenvalue weighted by molar-refractivity contribution is 7.71. The van der Waals surface area contributed by atoms with Crippen molar-refractivity contribution in [3.8, 4) is 11.4 Å². The number of hydrogen-bond donors (Lipinski definition) is 2. The molecule has 33 heavy (non-hydrogen) atoms. The lowest BCUT2D eigenvalue weighted by molar-refractivity contribution is -0.121. The van der Waals surface area contributed by atoms with Gasteiger partial charge in [-0.15, -0.1) is 0 Å². The van der Waals surface area contributed by atoms with Gasteiger partial charge in [0.15, 0.2) is 10.6 Å². The van der Waals surface area contributed by atoms with E-state index in [2.05, 4.69) is 64.0 Å². The summed E-state index contributed by atoms with van der Waals surface area (Å²) in [6.07, 6.45) is 1.17. The Balaban J connectivity index is 1.36. The van der Waals surface area contributed by atoms with Crippen molar-refractivity contribution in [2.45, 2.75) is 32.2 Å². The van der Waals surface area contributed by atoms with Gasteiger partial charge in [-0.1, -0.05) is 90.5 Å². The average Bonchev–Trinajstić information content (AvgIpc) is 3.22. The molecule has 0 radical (unpaired) electrons. The number of aryl methyl sites for hydroxylation is 1. The Morgan fingerprint density at radius 3 is 2.18 bits per heavy atom. The predicted octanol–water partition coefficient (Wildman–Crippen LogP) is 5.64. The monoisotopic (exact) mass is 456 g/mol. The van der Waals surface area contributed by atoms with Gasteiger partial charge in [0.2, 0.25) is 5.91 Å². The number of carbonyl (C=O) groups excluding carboxylic acids is 1. The van der Waals surface area contributed by atoms with Crippen LogP contribution in [0, 0.1) is 11.7 Å². The molecule has 0 aliphatic carbocycles. The van der Waals surface area contributed by atoms with E-state index in [1.165, 1.54) is 16.7 Å². The van der Waals surface area contributed by atoms with Crippen LogP contribution < -0.4 is 5.32 Å². The Labute approximate surface area is 199 Å². The van der Waals surface area contributed by atoms with Gasteiger partial charge in [-0.2, -0.15) is 5.10 Å². The lowest BCUT2D eigenvalue weighted by Gasteiger charge is -2.18. The topological polar surface area (TPSA) is 62.7 Å². The van der Waals surface area contributed by atoms with Crippen molar-refractivity contribution >= 4 is 18.1 Å². The summed E-state index contributed by atoms with van der Waals surface area (Å²) >= 11 is 5.39. The minimum Gasteiger partial charge on any atom is -0.356 e. The molecule has 6 heteroatoms. The fraction of sp³-hybridized carbons (Fsp3) is 0.222. The maximum Gasteiger partial charge on any atom is 0.221 e. The first-order chi connectivity index (χ1) is 16.1. The fourth-order valence-electron chi connectivity index (χ4n) is 4.00. The molecule has 0 aliphatic rings. The molecule has 0 fully saturated rings. The molecule has 4 aromatic rings. The smallest absolute Gasteiger partial charge is 0.221 e. The van der Waals surface area contributed by atoms with Crippen molar-refractivity contribution in [1.82, 2.24) is 20.1 Å². The number of nitrogens with zero attached hydrogens (tertiary/aromatic N) is 2. The van der Waals surface area contributed by atoms with Gasteiger partial charge in [-0.05, 0) is 36.7 Å². The molecule has 0 saturated carbocycles. The van der Waals surface area contributed by atoms with E-state index < -0.39 is 0 Å². The Morgan fingerprint density at radius 1 is 0.970 bits per heavy atom. The largest absolute Gasteiger partial charge is 0.356 e. The Morgan fingerprint density at radius 2 is 1.58 bits per heavy atom. The highest BCUT2D eigenvalue weighted by Gasteiger charge is 2.15. The number of nitrogens with one attached hydrogen (secondary N) is 2. The van der Waals surface area contributed by atoms with Gasteiger partial charge in [0.1, 0.15) is 0 Å². The van der Waals surface area contributed by atoms with Crippen molar-refractivity contribution in [1.29, 1.82) is 0 Å². The summed E-state index contributed by atoms with van der Waals surface area (Å²) in [6.45, 7) is 3.13. The first-order valence-corrected chi connectivity index (χ1v) is 11.6. The molecule has 2 N–H and O–H groups in total. The maximum absolute atomic E-state index is 12.6. The highest BCUT2D eigenvalue weighted by atomic mass is 32.1. The maximum atomic E-state index is 12.6. The minimum atomic E-state index is 0.00725. The third-order valence-corrected chi connectivity index (χ3v) is 6.10. The molecule has 1 aromatic heterocycles. The summed E-state index contributed by atoms with van der Waals surface area (Å²) in [6, 6.07) is 29.0. The summed E-state index contributed by atoms with van der Waals surface area (Å²) in [4.78, 5) is 12.6. The summed E-state index contributed by atoms with van der Waals surface area (Å²) in [5, 5.41) is 10.3. The highest BCUT2D eigenvalue weighted by Crippen LogP contribution is 2.27. The third kappa shape index (κ3) is 5.84. The Bertz CT molecular complexity index is 1190. The zero-order valence-corrected chi connectivity index (χ0v) is 19.5. The first kappa shape index (κ1) is 22.7. The lowest BCUT2D eigenvalue weighted by Crippen LogP contribution is -2.26. The van der Waals surface area contributed by atoms with E-state index in [1.54, 1.807) is 0 Å². The number of carbonyl (C=O) groups is 1. The summed E-state index contributed by atoms with van der Waals surface area (Å²) < 4.78 is 2.41. The Kier molecular flexibility index (Phi) is 7.47. The molecule has 3 aromatic carbocycles. The second-order valence-corrected chi connectivity index (χ2v) is 8.52. The van der Waals surface area contributed by atoms with Crippen LogP contribution in [0.25, 0.3) is 11.4 Å². The number of hydrogen-bond acceptors (Lipinski definition) is 3.